The van der Waals surface area contributed by atoms with Crippen molar-refractivity contribution in [2.45, 2.75) is 22.3 Å². The average Bonchev–Trinajstić information content (AvgIpc) is 2.84. The van der Waals surface area contributed by atoms with Crippen molar-refractivity contribution in [3.63, 3.8) is 0 Å². The van der Waals surface area contributed by atoms with Crippen molar-refractivity contribution in [3.05, 3.63) is 18.2 Å². The van der Waals surface area contributed by atoms with Crippen LogP contribution in [0.15, 0.2) is 28.0 Å². The van der Waals surface area contributed by atoms with E-state index in [9.17, 15) is 16.8 Å². The van der Waals surface area contributed by atoms with Crippen molar-refractivity contribution in [3.8, 4) is 5.75 Å². The van der Waals surface area contributed by atoms with Gasteiger partial charge in [0.25, 0.3) is 0 Å². The van der Waals surface area contributed by atoms with Crippen molar-refractivity contribution in [2.24, 2.45) is 5.73 Å². The molecular weight excluding hydrogens is 316 g/mol. The lowest BCUT2D eigenvalue weighted by atomic mass is 10.3. The molecule has 1 aliphatic rings. The minimum Gasteiger partial charge on any atom is -0.495 e. The zero-order valence-electron chi connectivity index (χ0n) is 11.8. The number of rotatable bonds is 4. The van der Waals surface area contributed by atoms with Gasteiger partial charge in [-0.2, -0.15) is 4.31 Å². The lowest BCUT2D eigenvalue weighted by molar-refractivity contribution is 0.397. The summed E-state index contributed by atoms with van der Waals surface area (Å²) in [5.41, 5.74) is 5.74. The molecule has 0 aromatic heterocycles. The molecule has 118 valence electrons. The fourth-order valence-electron chi connectivity index (χ4n) is 2.20. The van der Waals surface area contributed by atoms with Gasteiger partial charge in [-0.05, 0) is 24.6 Å². The average molecular weight is 334 g/mol. The molecule has 0 unspecified atom stereocenters. The lowest BCUT2D eigenvalue weighted by Crippen LogP contribution is -2.32. The Bertz CT molecular complexity index is 743. The van der Waals surface area contributed by atoms with Crippen LogP contribution in [0.4, 0.5) is 0 Å². The number of methoxy groups -OCH3 is 1. The minimum absolute atomic E-state index is 0.0645. The van der Waals surface area contributed by atoms with E-state index in [1.54, 1.807) is 0 Å². The van der Waals surface area contributed by atoms with Crippen LogP contribution < -0.4 is 10.5 Å². The Labute approximate surface area is 124 Å². The van der Waals surface area contributed by atoms with Gasteiger partial charge in [0.1, 0.15) is 10.6 Å². The van der Waals surface area contributed by atoms with Crippen LogP contribution in [-0.4, -0.2) is 53.6 Å². The summed E-state index contributed by atoms with van der Waals surface area (Å²) in [5, 5.41) is 0. The molecule has 0 bridgehead atoms. The number of benzene rings is 1. The standard InChI is InChI=1S/C12H18N2O5S2/c1-19-11-4-3-10(20(2,15)16)7-12(11)21(17,18)14-6-5-9(13)8-14/h3-4,7,9H,5-6,8,13H2,1-2H3/t9-/m0/s1. The smallest absolute Gasteiger partial charge is 0.246 e. The number of nitrogens with two attached hydrogens (primary N) is 1. The summed E-state index contributed by atoms with van der Waals surface area (Å²) in [5.74, 6) is 0.114. The molecule has 0 amide bonds. The summed E-state index contributed by atoms with van der Waals surface area (Å²) < 4.78 is 54.8. The maximum absolute atomic E-state index is 12.6. The molecule has 1 aliphatic heterocycles. The summed E-state index contributed by atoms with van der Waals surface area (Å²) in [7, 11) is -6.00. The second kappa shape index (κ2) is 5.56. The summed E-state index contributed by atoms with van der Waals surface area (Å²) >= 11 is 0. The third-order valence-electron chi connectivity index (χ3n) is 3.37. The SMILES string of the molecule is COc1ccc(S(C)(=O)=O)cc1S(=O)(=O)N1CC[C@H](N)C1. The van der Waals surface area contributed by atoms with Crippen LogP contribution in [0.1, 0.15) is 6.42 Å². The Kier molecular flexibility index (Phi) is 4.29. The highest BCUT2D eigenvalue weighted by Gasteiger charge is 2.33. The maximum Gasteiger partial charge on any atom is 0.246 e. The molecule has 1 aromatic rings. The number of nitrogens with zero attached hydrogens (tertiary/aromatic N) is 1. The molecule has 0 radical (unpaired) electrons. The van der Waals surface area contributed by atoms with E-state index in [-0.39, 0.29) is 28.1 Å². The van der Waals surface area contributed by atoms with Gasteiger partial charge in [-0.3, -0.25) is 0 Å². The van der Waals surface area contributed by atoms with Crippen LogP contribution in [0.2, 0.25) is 0 Å². The van der Waals surface area contributed by atoms with E-state index in [2.05, 4.69) is 0 Å². The molecule has 2 rings (SSSR count). The minimum atomic E-state index is -3.83. The molecule has 21 heavy (non-hydrogen) atoms. The van der Waals surface area contributed by atoms with Gasteiger partial charge in [-0.1, -0.05) is 0 Å². The van der Waals surface area contributed by atoms with E-state index in [1.807, 2.05) is 0 Å². The van der Waals surface area contributed by atoms with Crippen molar-refractivity contribution in [2.75, 3.05) is 26.5 Å². The molecule has 0 spiro atoms. The number of sulfonamides is 1. The zero-order valence-corrected chi connectivity index (χ0v) is 13.4. The number of hydrogen-bond donors (Lipinski definition) is 1. The first-order valence-corrected chi connectivity index (χ1v) is 9.63. The predicted molar refractivity (Wildman–Crippen MR) is 77.5 cm³/mol. The molecule has 7 nitrogen and oxygen atoms in total. The van der Waals surface area contributed by atoms with E-state index < -0.39 is 19.9 Å². The molecule has 1 saturated heterocycles. The Morgan fingerprint density at radius 2 is 1.95 bits per heavy atom. The second-order valence-electron chi connectivity index (χ2n) is 5.00. The highest BCUT2D eigenvalue weighted by atomic mass is 32.2. The van der Waals surface area contributed by atoms with Crippen molar-refractivity contribution in [1.29, 1.82) is 0 Å². The quantitative estimate of drug-likeness (QED) is 0.818. The first-order chi connectivity index (χ1) is 9.66. The molecule has 1 atom stereocenters. The van der Waals surface area contributed by atoms with Gasteiger partial charge < -0.3 is 10.5 Å². The van der Waals surface area contributed by atoms with Crippen molar-refractivity contribution >= 4 is 19.9 Å². The molecule has 9 heteroatoms. The summed E-state index contributed by atoms with van der Waals surface area (Å²) in [6.45, 7) is 0.532. The van der Waals surface area contributed by atoms with E-state index in [0.29, 0.717) is 13.0 Å². The first-order valence-electron chi connectivity index (χ1n) is 6.30. The van der Waals surface area contributed by atoms with E-state index in [4.69, 9.17) is 10.5 Å². The van der Waals surface area contributed by atoms with Gasteiger partial charge in [0.15, 0.2) is 9.84 Å². The van der Waals surface area contributed by atoms with Crippen LogP contribution in [0.5, 0.6) is 5.75 Å². The topological polar surface area (TPSA) is 107 Å². The van der Waals surface area contributed by atoms with Gasteiger partial charge in [-0.15, -0.1) is 0 Å². The molecule has 1 fully saturated rings. The molecule has 1 aromatic carbocycles. The molecule has 1 heterocycles. The van der Waals surface area contributed by atoms with Crippen LogP contribution in [0.25, 0.3) is 0 Å². The predicted octanol–water partition coefficient (Wildman–Crippen LogP) is -0.180. The third-order valence-corrected chi connectivity index (χ3v) is 6.37. The summed E-state index contributed by atoms with van der Waals surface area (Å²) in [6.07, 6.45) is 1.60. The number of sulfone groups is 1. The summed E-state index contributed by atoms with van der Waals surface area (Å²) in [4.78, 5) is -0.215. The van der Waals surface area contributed by atoms with Gasteiger partial charge in [0.05, 0.1) is 12.0 Å². The maximum atomic E-state index is 12.6. The van der Waals surface area contributed by atoms with Crippen LogP contribution in [0, 0.1) is 0 Å². The summed E-state index contributed by atoms with van der Waals surface area (Å²) in [6, 6.07) is 3.60. The largest absolute Gasteiger partial charge is 0.495 e. The molecule has 0 saturated carbocycles. The Morgan fingerprint density at radius 1 is 1.29 bits per heavy atom. The Balaban J connectivity index is 2.55. The fourth-order valence-corrected chi connectivity index (χ4v) is 4.62. The van der Waals surface area contributed by atoms with Gasteiger partial charge >= 0.3 is 0 Å². The molecular formula is C12H18N2O5S2. The highest BCUT2D eigenvalue weighted by molar-refractivity contribution is 7.91. The van der Waals surface area contributed by atoms with E-state index in [1.165, 1.54) is 23.5 Å². The van der Waals surface area contributed by atoms with E-state index >= 15 is 0 Å². The zero-order chi connectivity index (χ0) is 15.8. The molecule has 0 aliphatic carbocycles. The first kappa shape index (κ1) is 16.2. The van der Waals surface area contributed by atoms with Gasteiger partial charge in [-0.25, -0.2) is 16.8 Å². The van der Waals surface area contributed by atoms with Crippen molar-refractivity contribution < 1.29 is 21.6 Å². The van der Waals surface area contributed by atoms with Crippen molar-refractivity contribution in [1.82, 2.24) is 4.31 Å². The molecule has 2 N–H and O–H groups in total. The Hall–Kier alpha value is -1.16. The lowest BCUT2D eigenvalue weighted by Gasteiger charge is -2.18. The normalized spacial score (nSPS) is 20.6. The Morgan fingerprint density at radius 3 is 2.43 bits per heavy atom. The van der Waals surface area contributed by atoms with Crippen LogP contribution in [-0.2, 0) is 19.9 Å². The highest BCUT2D eigenvalue weighted by Crippen LogP contribution is 2.30. The third kappa shape index (κ3) is 3.20. The monoisotopic (exact) mass is 334 g/mol. The van der Waals surface area contributed by atoms with Crippen LogP contribution >= 0.6 is 0 Å². The van der Waals surface area contributed by atoms with Gasteiger partial charge in [0, 0.05) is 25.4 Å². The number of ether oxygens (including phenoxy) is 1. The fraction of sp³-hybridized carbons (Fsp3) is 0.500. The van der Waals surface area contributed by atoms with Crippen LogP contribution in [0.3, 0.4) is 0 Å². The second-order valence-corrected chi connectivity index (χ2v) is 8.92. The number of hydrogen-bond acceptors (Lipinski definition) is 6. The van der Waals surface area contributed by atoms with Gasteiger partial charge in [0.2, 0.25) is 10.0 Å². The van der Waals surface area contributed by atoms with E-state index in [0.717, 1.165) is 12.3 Å².